The molecule has 0 radical (unpaired) electrons. The molecule has 0 bridgehead atoms. The quantitative estimate of drug-likeness (QED) is 0.458. The fourth-order valence-electron chi connectivity index (χ4n) is 2.73. The lowest BCUT2D eigenvalue weighted by Gasteiger charge is -2.30. The van der Waals surface area contributed by atoms with E-state index in [1.807, 2.05) is 12.1 Å². The number of nitrogens with zero attached hydrogens (tertiary/aromatic N) is 2. The number of ether oxygens (including phenoxy) is 2. The third kappa shape index (κ3) is 4.37. The van der Waals surface area contributed by atoms with Crippen molar-refractivity contribution < 1.29 is 19.1 Å². The maximum atomic E-state index is 12.7. The van der Waals surface area contributed by atoms with Crippen LogP contribution >= 0.6 is 23.1 Å². The van der Waals surface area contributed by atoms with E-state index in [1.54, 1.807) is 19.1 Å². The summed E-state index contributed by atoms with van der Waals surface area (Å²) in [5.41, 5.74) is 7.02. The molecule has 1 aliphatic rings. The van der Waals surface area contributed by atoms with Crippen LogP contribution in [0, 0.1) is 0 Å². The van der Waals surface area contributed by atoms with Crippen LogP contribution in [-0.2, 0) is 9.53 Å². The fourth-order valence-corrected chi connectivity index (χ4v) is 4.34. The Morgan fingerprint density at radius 1 is 1.36 bits per heavy atom. The molecule has 0 fully saturated rings. The van der Waals surface area contributed by atoms with Gasteiger partial charge in [0, 0.05) is 17.0 Å². The zero-order valence-electron chi connectivity index (χ0n) is 15.2. The van der Waals surface area contributed by atoms with E-state index < -0.39 is 18.0 Å². The number of amides is 2. The van der Waals surface area contributed by atoms with Gasteiger partial charge in [0.2, 0.25) is 5.13 Å². The van der Waals surface area contributed by atoms with Crippen LogP contribution in [0.4, 0.5) is 9.93 Å². The smallest absolute Gasteiger partial charge is 0.338 e. The standard InChI is InChI=1S/C17H19N5O4S2/c1-3-26-14(23)12-10(8-27-17-22-21-15(18)28-17)19-16(24)20-13(12)9-6-4-5-7-11(9)25-2/h4-7,13H,3,8H2,1-2H3,(H2,18,21)(H2,19,20,24). The molecule has 0 saturated carbocycles. The van der Waals surface area contributed by atoms with Gasteiger partial charge in [-0.3, -0.25) is 0 Å². The zero-order valence-corrected chi connectivity index (χ0v) is 16.9. The first-order valence-corrected chi connectivity index (χ1v) is 10.2. The number of carbonyl (C=O) groups is 2. The minimum Gasteiger partial charge on any atom is -0.496 e. The van der Waals surface area contributed by atoms with Crippen LogP contribution in [0.25, 0.3) is 0 Å². The number of nitrogens with two attached hydrogens (primary N) is 1. The Kier molecular flexibility index (Phi) is 6.37. The first-order valence-electron chi connectivity index (χ1n) is 8.35. The van der Waals surface area contributed by atoms with Crippen LogP contribution in [0.2, 0.25) is 0 Å². The molecular weight excluding hydrogens is 402 g/mol. The van der Waals surface area contributed by atoms with Crippen LogP contribution in [0.1, 0.15) is 18.5 Å². The average Bonchev–Trinajstić information content (AvgIpc) is 3.11. The van der Waals surface area contributed by atoms with Crippen LogP contribution < -0.4 is 21.1 Å². The zero-order chi connectivity index (χ0) is 20.1. The summed E-state index contributed by atoms with van der Waals surface area (Å²) in [5, 5.41) is 13.6. The number of benzene rings is 1. The van der Waals surface area contributed by atoms with E-state index in [9.17, 15) is 9.59 Å². The van der Waals surface area contributed by atoms with Crippen molar-refractivity contribution in [2.75, 3.05) is 25.2 Å². The van der Waals surface area contributed by atoms with Crippen molar-refractivity contribution in [3.05, 3.63) is 41.1 Å². The maximum Gasteiger partial charge on any atom is 0.338 e. The van der Waals surface area contributed by atoms with Gasteiger partial charge in [-0.1, -0.05) is 41.3 Å². The second-order valence-corrected chi connectivity index (χ2v) is 7.81. The number of carbonyl (C=O) groups excluding carboxylic acids is 2. The molecule has 1 aromatic heterocycles. The summed E-state index contributed by atoms with van der Waals surface area (Å²) < 4.78 is 11.3. The van der Waals surface area contributed by atoms with Gasteiger partial charge in [0.25, 0.3) is 0 Å². The number of methoxy groups -OCH3 is 1. The second kappa shape index (κ2) is 8.93. The summed E-state index contributed by atoms with van der Waals surface area (Å²) in [6.45, 7) is 1.94. The predicted molar refractivity (Wildman–Crippen MR) is 106 cm³/mol. The summed E-state index contributed by atoms with van der Waals surface area (Å²) in [6.07, 6.45) is 0. The average molecular weight is 422 g/mol. The Morgan fingerprint density at radius 2 is 2.14 bits per heavy atom. The third-order valence-electron chi connectivity index (χ3n) is 3.86. The number of rotatable bonds is 7. The summed E-state index contributed by atoms with van der Waals surface area (Å²) in [5.74, 6) is 0.334. The lowest BCUT2D eigenvalue weighted by atomic mass is 9.95. The Labute approximate surface area is 169 Å². The van der Waals surface area contributed by atoms with Gasteiger partial charge in [-0.05, 0) is 13.0 Å². The third-order valence-corrected chi connectivity index (χ3v) is 5.77. The number of thioether (sulfide) groups is 1. The summed E-state index contributed by atoms with van der Waals surface area (Å²) in [7, 11) is 1.53. The molecule has 11 heteroatoms. The highest BCUT2D eigenvalue weighted by Gasteiger charge is 2.35. The van der Waals surface area contributed by atoms with Gasteiger partial charge in [0.1, 0.15) is 5.75 Å². The molecule has 28 heavy (non-hydrogen) atoms. The number of aromatic nitrogens is 2. The van der Waals surface area contributed by atoms with Crippen molar-refractivity contribution in [2.24, 2.45) is 0 Å². The Balaban J connectivity index is 2.01. The molecule has 0 spiro atoms. The Bertz CT molecular complexity index is 914. The van der Waals surface area contributed by atoms with Crippen molar-refractivity contribution >= 4 is 40.2 Å². The number of urea groups is 1. The van der Waals surface area contributed by atoms with Crippen LogP contribution in [-0.4, -0.2) is 41.7 Å². The molecule has 2 aromatic rings. The van der Waals surface area contributed by atoms with Crippen LogP contribution in [0.3, 0.4) is 0 Å². The first-order chi connectivity index (χ1) is 13.5. The van der Waals surface area contributed by atoms with Gasteiger partial charge in [-0.25, -0.2) is 9.59 Å². The van der Waals surface area contributed by atoms with Crippen LogP contribution in [0.15, 0.2) is 39.9 Å². The largest absolute Gasteiger partial charge is 0.496 e. The number of hydrogen-bond acceptors (Lipinski definition) is 9. The van der Waals surface area contributed by atoms with Crippen molar-refractivity contribution in [2.45, 2.75) is 17.3 Å². The molecule has 1 aromatic carbocycles. The SMILES string of the molecule is CCOC(=O)C1=C(CSc2nnc(N)s2)NC(=O)NC1c1ccccc1OC. The second-order valence-electron chi connectivity index (χ2n) is 5.58. The highest BCUT2D eigenvalue weighted by Crippen LogP contribution is 2.35. The summed E-state index contributed by atoms with van der Waals surface area (Å²) >= 11 is 2.55. The monoisotopic (exact) mass is 421 g/mol. The van der Waals surface area contributed by atoms with Gasteiger partial charge < -0.3 is 25.8 Å². The van der Waals surface area contributed by atoms with E-state index in [0.29, 0.717) is 37.8 Å². The lowest BCUT2D eigenvalue weighted by Crippen LogP contribution is -2.46. The number of esters is 1. The molecule has 1 aliphatic heterocycles. The molecule has 9 nitrogen and oxygen atoms in total. The van der Waals surface area contributed by atoms with Gasteiger partial charge in [0.05, 0.1) is 25.3 Å². The van der Waals surface area contributed by atoms with Crippen LogP contribution in [0.5, 0.6) is 5.75 Å². The molecule has 0 aliphatic carbocycles. The van der Waals surface area contributed by atoms with Crippen molar-refractivity contribution in [1.29, 1.82) is 0 Å². The van der Waals surface area contributed by atoms with E-state index in [4.69, 9.17) is 15.2 Å². The van der Waals surface area contributed by atoms with E-state index >= 15 is 0 Å². The molecule has 3 rings (SSSR count). The molecule has 2 amide bonds. The van der Waals surface area contributed by atoms with Crippen molar-refractivity contribution in [1.82, 2.24) is 20.8 Å². The minimum absolute atomic E-state index is 0.211. The van der Waals surface area contributed by atoms with Gasteiger partial charge >= 0.3 is 12.0 Å². The number of nitrogens with one attached hydrogen (secondary N) is 2. The van der Waals surface area contributed by atoms with E-state index in [0.717, 1.165) is 0 Å². The number of para-hydroxylation sites is 1. The molecule has 0 saturated heterocycles. The normalized spacial score (nSPS) is 16.4. The topological polar surface area (TPSA) is 128 Å². The van der Waals surface area contributed by atoms with Gasteiger partial charge in [-0.2, -0.15) is 0 Å². The highest BCUT2D eigenvalue weighted by atomic mass is 32.2. The predicted octanol–water partition coefficient (Wildman–Crippen LogP) is 2.09. The summed E-state index contributed by atoms with van der Waals surface area (Å²) in [4.78, 5) is 25.0. The maximum absolute atomic E-state index is 12.7. The molecule has 1 atom stereocenters. The number of anilines is 1. The van der Waals surface area contributed by atoms with Crippen molar-refractivity contribution in [3.8, 4) is 5.75 Å². The minimum atomic E-state index is -0.709. The molecular formula is C17H19N5O4S2. The number of nitrogen functional groups attached to an aromatic ring is 1. The number of hydrogen-bond donors (Lipinski definition) is 3. The molecule has 2 heterocycles. The highest BCUT2D eigenvalue weighted by molar-refractivity contribution is 8.01. The van der Waals surface area contributed by atoms with E-state index in [1.165, 1.54) is 30.2 Å². The summed E-state index contributed by atoms with van der Waals surface area (Å²) in [6, 6.07) is 6.06. The molecule has 4 N–H and O–H groups in total. The van der Waals surface area contributed by atoms with Gasteiger partial charge in [0.15, 0.2) is 4.34 Å². The molecule has 1 unspecified atom stereocenters. The molecule has 148 valence electrons. The fraction of sp³-hybridized carbons (Fsp3) is 0.294. The first kappa shape index (κ1) is 20.0. The van der Waals surface area contributed by atoms with Crippen molar-refractivity contribution in [3.63, 3.8) is 0 Å². The van der Waals surface area contributed by atoms with E-state index in [2.05, 4.69) is 20.8 Å². The van der Waals surface area contributed by atoms with Gasteiger partial charge in [-0.15, -0.1) is 10.2 Å². The van der Waals surface area contributed by atoms with E-state index in [-0.39, 0.29) is 6.61 Å². The Hall–Kier alpha value is -2.79. The lowest BCUT2D eigenvalue weighted by molar-refractivity contribution is -0.139. The Morgan fingerprint density at radius 3 is 2.82 bits per heavy atom.